The lowest BCUT2D eigenvalue weighted by Crippen LogP contribution is -2.39. The summed E-state index contributed by atoms with van der Waals surface area (Å²) in [6, 6.07) is 9.79. The first kappa shape index (κ1) is 16.3. The van der Waals surface area contributed by atoms with Crippen LogP contribution in [0.15, 0.2) is 57.6 Å². The number of aromatic nitrogens is 4. The van der Waals surface area contributed by atoms with E-state index in [1.165, 1.54) is 35.2 Å². The van der Waals surface area contributed by atoms with Gasteiger partial charge in [0.25, 0.3) is 5.56 Å². The maximum Gasteiger partial charge on any atom is 0.332 e. The number of fused-ring (bicyclic) bond motifs is 1. The van der Waals surface area contributed by atoms with E-state index in [4.69, 9.17) is 0 Å². The number of rotatable bonds is 3. The highest BCUT2D eigenvalue weighted by Crippen LogP contribution is 2.21. The van der Waals surface area contributed by atoms with E-state index in [1.54, 1.807) is 18.2 Å². The van der Waals surface area contributed by atoms with Crippen molar-refractivity contribution >= 4 is 22.4 Å². The highest BCUT2D eigenvalue weighted by Gasteiger charge is 2.15. The molecule has 0 aliphatic rings. The average molecular weight is 368 g/mol. The maximum absolute atomic E-state index is 13.9. The highest BCUT2D eigenvalue weighted by molar-refractivity contribution is 7.13. The molecular weight excluding hydrogens is 355 g/mol. The molecule has 0 amide bonds. The van der Waals surface area contributed by atoms with Crippen LogP contribution in [0.4, 0.5) is 4.39 Å². The molecule has 0 saturated heterocycles. The van der Waals surface area contributed by atoms with Gasteiger partial charge in [-0.1, -0.05) is 24.3 Å². The molecule has 0 fully saturated rings. The lowest BCUT2D eigenvalue weighted by molar-refractivity contribution is 0.582. The van der Waals surface area contributed by atoms with Gasteiger partial charge in [0, 0.05) is 18.8 Å². The number of benzene rings is 1. The number of aryl methyl sites for hydroxylation is 1. The molecule has 0 saturated carbocycles. The Morgan fingerprint density at radius 2 is 1.96 bits per heavy atom. The molecule has 6 nitrogen and oxygen atoms in total. The van der Waals surface area contributed by atoms with Crippen LogP contribution in [0.3, 0.4) is 0 Å². The van der Waals surface area contributed by atoms with E-state index >= 15 is 0 Å². The van der Waals surface area contributed by atoms with Gasteiger partial charge in [-0.15, -0.1) is 11.3 Å². The second-order valence-corrected chi connectivity index (χ2v) is 6.68. The third kappa shape index (κ3) is 2.64. The van der Waals surface area contributed by atoms with E-state index in [-0.39, 0.29) is 23.1 Å². The third-order valence-corrected chi connectivity index (χ3v) is 4.97. The lowest BCUT2D eigenvalue weighted by Gasteiger charge is -2.11. The van der Waals surface area contributed by atoms with Crippen LogP contribution in [-0.2, 0) is 13.6 Å². The van der Waals surface area contributed by atoms with Gasteiger partial charge in [0.15, 0.2) is 11.5 Å². The molecular formula is C18H13FN4O2S. The first-order chi connectivity index (χ1) is 12.6. The van der Waals surface area contributed by atoms with Crippen molar-refractivity contribution in [2.24, 2.45) is 7.05 Å². The molecule has 0 unspecified atom stereocenters. The third-order valence-electron chi connectivity index (χ3n) is 4.11. The molecule has 0 N–H and O–H groups in total. The summed E-state index contributed by atoms with van der Waals surface area (Å²) in [5.74, 6) is -0.0143. The predicted octanol–water partition coefficient (Wildman–Crippen LogP) is 2.41. The van der Waals surface area contributed by atoms with Crippen LogP contribution in [0.1, 0.15) is 5.56 Å². The second-order valence-electron chi connectivity index (χ2n) is 5.73. The van der Waals surface area contributed by atoms with Crippen LogP contribution in [0.25, 0.3) is 21.7 Å². The molecule has 0 radical (unpaired) electrons. The van der Waals surface area contributed by atoms with E-state index in [1.807, 2.05) is 17.5 Å². The van der Waals surface area contributed by atoms with E-state index in [0.717, 1.165) is 9.44 Å². The maximum atomic E-state index is 13.9. The van der Waals surface area contributed by atoms with E-state index in [0.29, 0.717) is 5.82 Å². The monoisotopic (exact) mass is 368 g/mol. The van der Waals surface area contributed by atoms with Crippen molar-refractivity contribution in [3.8, 4) is 10.7 Å². The standard InChI is InChI=1S/C18H13FN4O2S/c1-22-16-12(9-20-15(21-16)14-7-4-8-26-14)17(24)23(18(22)25)10-11-5-2-3-6-13(11)19/h2-9H,10H2,1H3. The first-order valence-electron chi connectivity index (χ1n) is 7.80. The van der Waals surface area contributed by atoms with Crippen molar-refractivity contribution < 1.29 is 4.39 Å². The predicted molar refractivity (Wildman–Crippen MR) is 97.9 cm³/mol. The zero-order chi connectivity index (χ0) is 18.3. The van der Waals surface area contributed by atoms with Crippen LogP contribution in [0, 0.1) is 5.82 Å². The molecule has 4 aromatic rings. The van der Waals surface area contributed by atoms with Crippen molar-refractivity contribution in [1.82, 2.24) is 19.1 Å². The molecule has 8 heteroatoms. The molecule has 0 bridgehead atoms. The van der Waals surface area contributed by atoms with Gasteiger partial charge in [0.1, 0.15) is 11.2 Å². The molecule has 0 aliphatic carbocycles. The number of hydrogen-bond acceptors (Lipinski definition) is 5. The summed E-state index contributed by atoms with van der Waals surface area (Å²) in [6.07, 6.45) is 1.41. The van der Waals surface area contributed by atoms with Crippen molar-refractivity contribution in [3.05, 3.63) is 80.2 Å². The molecule has 1 aromatic carbocycles. The van der Waals surface area contributed by atoms with Crippen LogP contribution >= 0.6 is 11.3 Å². The van der Waals surface area contributed by atoms with Crippen LogP contribution in [0.5, 0.6) is 0 Å². The van der Waals surface area contributed by atoms with Crippen molar-refractivity contribution in [3.63, 3.8) is 0 Å². The fourth-order valence-corrected chi connectivity index (χ4v) is 3.41. The normalized spacial score (nSPS) is 11.2. The molecule has 3 heterocycles. The molecule has 0 spiro atoms. The molecule has 26 heavy (non-hydrogen) atoms. The van der Waals surface area contributed by atoms with Gasteiger partial charge in [0.05, 0.1) is 11.4 Å². The summed E-state index contributed by atoms with van der Waals surface area (Å²) in [6.45, 7) is -0.152. The summed E-state index contributed by atoms with van der Waals surface area (Å²) >= 11 is 1.47. The molecule has 130 valence electrons. The van der Waals surface area contributed by atoms with Crippen LogP contribution < -0.4 is 11.2 Å². The van der Waals surface area contributed by atoms with Gasteiger partial charge >= 0.3 is 5.69 Å². The minimum absolute atomic E-state index is 0.152. The summed E-state index contributed by atoms with van der Waals surface area (Å²) < 4.78 is 16.2. The zero-order valence-electron chi connectivity index (χ0n) is 13.7. The molecule has 0 atom stereocenters. The van der Waals surface area contributed by atoms with E-state index in [2.05, 4.69) is 9.97 Å². The average Bonchev–Trinajstić information content (AvgIpc) is 3.19. The second kappa shape index (κ2) is 6.30. The van der Waals surface area contributed by atoms with Gasteiger partial charge in [-0.05, 0) is 17.5 Å². The minimum atomic E-state index is -0.554. The molecule has 3 aromatic heterocycles. The Kier molecular flexibility index (Phi) is 3.96. The van der Waals surface area contributed by atoms with Crippen molar-refractivity contribution in [2.75, 3.05) is 0 Å². The van der Waals surface area contributed by atoms with Crippen molar-refractivity contribution in [2.45, 2.75) is 6.54 Å². The zero-order valence-corrected chi connectivity index (χ0v) is 14.5. The SMILES string of the molecule is Cn1c(=O)n(Cc2ccccc2F)c(=O)c2cnc(-c3cccs3)nc21. The van der Waals surface area contributed by atoms with Gasteiger partial charge in [-0.2, -0.15) is 0 Å². The minimum Gasteiger partial charge on any atom is -0.280 e. The summed E-state index contributed by atoms with van der Waals surface area (Å²) in [4.78, 5) is 34.9. The Labute approximate surface area is 150 Å². The summed E-state index contributed by atoms with van der Waals surface area (Å²) in [5.41, 5.74) is -0.573. The lowest BCUT2D eigenvalue weighted by atomic mass is 10.2. The molecule has 4 rings (SSSR count). The Balaban J connectivity index is 1.91. The number of hydrogen-bond donors (Lipinski definition) is 0. The van der Waals surface area contributed by atoms with Gasteiger partial charge in [-0.25, -0.2) is 19.2 Å². The van der Waals surface area contributed by atoms with Crippen LogP contribution in [0.2, 0.25) is 0 Å². The Bertz CT molecular complexity index is 1230. The Hall–Kier alpha value is -3.13. The summed E-state index contributed by atoms with van der Waals surface area (Å²) in [7, 11) is 1.53. The van der Waals surface area contributed by atoms with E-state index in [9.17, 15) is 14.0 Å². The largest absolute Gasteiger partial charge is 0.332 e. The van der Waals surface area contributed by atoms with Gasteiger partial charge in [-0.3, -0.25) is 13.9 Å². The quantitative estimate of drug-likeness (QED) is 0.557. The topological polar surface area (TPSA) is 69.8 Å². The van der Waals surface area contributed by atoms with E-state index < -0.39 is 17.1 Å². The summed E-state index contributed by atoms with van der Waals surface area (Å²) in [5, 5.41) is 2.11. The fourth-order valence-electron chi connectivity index (χ4n) is 2.74. The fraction of sp³-hybridized carbons (Fsp3) is 0.111. The first-order valence-corrected chi connectivity index (χ1v) is 8.68. The van der Waals surface area contributed by atoms with Crippen molar-refractivity contribution in [1.29, 1.82) is 0 Å². The van der Waals surface area contributed by atoms with Crippen LogP contribution in [-0.4, -0.2) is 19.1 Å². The Morgan fingerprint density at radius 1 is 1.15 bits per heavy atom. The number of halogens is 1. The molecule has 0 aliphatic heterocycles. The van der Waals surface area contributed by atoms with Gasteiger partial charge < -0.3 is 0 Å². The smallest absolute Gasteiger partial charge is 0.280 e. The number of thiophene rings is 1. The highest BCUT2D eigenvalue weighted by atomic mass is 32.1. The number of nitrogens with zero attached hydrogens (tertiary/aromatic N) is 4. The van der Waals surface area contributed by atoms with Gasteiger partial charge in [0.2, 0.25) is 0 Å². The Morgan fingerprint density at radius 3 is 2.69 bits per heavy atom.